The number of rotatable bonds is 2. The molecule has 1 aliphatic heterocycles. The second kappa shape index (κ2) is 4.59. The van der Waals surface area contributed by atoms with Gasteiger partial charge in [0.2, 0.25) is 0 Å². The van der Waals surface area contributed by atoms with Crippen molar-refractivity contribution in [2.75, 3.05) is 0 Å². The summed E-state index contributed by atoms with van der Waals surface area (Å²) in [5.41, 5.74) is 0.175. The Morgan fingerprint density at radius 1 is 1.47 bits per heavy atom. The van der Waals surface area contributed by atoms with Crippen LogP contribution in [-0.2, 0) is 11.2 Å². The first-order valence-electron chi connectivity index (χ1n) is 5.94. The Bertz CT molecular complexity index is 545. The summed E-state index contributed by atoms with van der Waals surface area (Å²) in [5.74, 6) is -0.626. The molecule has 2 rings (SSSR count). The Hall–Kier alpha value is -2.01. The summed E-state index contributed by atoms with van der Waals surface area (Å²) in [7, 11) is 0. The number of phenolic OH excluding ortho intramolecular Hbond substituents is 1. The van der Waals surface area contributed by atoms with E-state index in [-0.39, 0.29) is 12.2 Å². The summed E-state index contributed by atoms with van der Waals surface area (Å²) in [4.78, 5) is 10.5. The summed E-state index contributed by atoms with van der Waals surface area (Å²) in [5, 5.41) is 28.7. The number of hydrogen-bond acceptors (Lipinski definition) is 4. The molecule has 0 radical (unpaired) electrons. The van der Waals surface area contributed by atoms with Gasteiger partial charge in [-0.15, -0.1) is 0 Å². The molecule has 19 heavy (non-hydrogen) atoms. The van der Waals surface area contributed by atoms with Gasteiger partial charge in [0, 0.05) is 23.6 Å². The molecule has 0 amide bonds. The predicted octanol–water partition coefficient (Wildman–Crippen LogP) is 1.56. The van der Waals surface area contributed by atoms with Crippen LogP contribution < -0.4 is 4.74 Å². The molecule has 0 spiro atoms. The molecule has 0 aromatic heterocycles. The molecule has 1 aromatic rings. The Morgan fingerprint density at radius 3 is 2.79 bits per heavy atom. The molecule has 1 aliphatic rings. The van der Waals surface area contributed by atoms with Gasteiger partial charge in [-0.1, -0.05) is 0 Å². The topological polar surface area (TPSA) is 87.0 Å². The number of ether oxygens (including phenoxy) is 1. The maximum Gasteiger partial charge on any atom is 0.328 e. The van der Waals surface area contributed by atoms with Gasteiger partial charge in [0.15, 0.2) is 0 Å². The molecular formula is C14H16O5. The van der Waals surface area contributed by atoms with Crippen LogP contribution in [0.5, 0.6) is 11.5 Å². The summed E-state index contributed by atoms with van der Waals surface area (Å²) >= 11 is 0. The van der Waals surface area contributed by atoms with Crippen molar-refractivity contribution < 1.29 is 24.9 Å². The summed E-state index contributed by atoms with van der Waals surface area (Å²) in [6.07, 6.45) is 1.79. The van der Waals surface area contributed by atoms with Crippen molar-refractivity contribution >= 4 is 12.0 Å². The number of benzene rings is 1. The number of aliphatic hydroxyl groups excluding tert-OH is 1. The minimum atomic E-state index is -1.09. The molecular weight excluding hydrogens is 248 g/mol. The highest BCUT2D eigenvalue weighted by Gasteiger charge is 2.37. The lowest BCUT2D eigenvalue weighted by molar-refractivity contribution is -0.131. The van der Waals surface area contributed by atoms with Crippen molar-refractivity contribution in [2.24, 2.45) is 0 Å². The zero-order valence-corrected chi connectivity index (χ0v) is 10.8. The lowest BCUT2D eigenvalue weighted by atomic mass is 9.89. The lowest BCUT2D eigenvalue weighted by Crippen LogP contribution is -2.46. The smallest absolute Gasteiger partial charge is 0.328 e. The van der Waals surface area contributed by atoms with E-state index in [2.05, 4.69) is 0 Å². The van der Waals surface area contributed by atoms with Gasteiger partial charge < -0.3 is 20.1 Å². The van der Waals surface area contributed by atoms with Gasteiger partial charge in [0.25, 0.3) is 0 Å². The van der Waals surface area contributed by atoms with E-state index in [1.165, 1.54) is 6.08 Å². The highest BCUT2D eigenvalue weighted by molar-refractivity contribution is 5.86. The number of carboxylic acid groups (broad SMARTS) is 1. The number of carboxylic acids is 1. The fourth-order valence-electron chi connectivity index (χ4n) is 2.01. The summed E-state index contributed by atoms with van der Waals surface area (Å²) in [6, 6.07) is 3.26. The van der Waals surface area contributed by atoms with Gasteiger partial charge in [-0.2, -0.15) is 0 Å². The first kappa shape index (κ1) is 13.4. The molecule has 0 fully saturated rings. The van der Waals surface area contributed by atoms with E-state index in [0.717, 1.165) is 6.08 Å². The van der Waals surface area contributed by atoms with E-state index in [0.29, 0.717) is 16.9 Å². The van der Waals surface area contributed by atoms with Crippen LogP contribution in [0.2, 0.25) is 0 Å². The average molecular weight is 264 g/mol. The fraction of sp³-hybridized carbons (Fsp3) is 0.357. The molecule has 1 atom stereocenters. The largest absolute Gasteiger partial charge is 0.507 e. The van der Waals surface area contributed by atoms with Crippen LogP contribution in [0.25, 0.3) is 6.08 Å². The van der Waals surface area contributed by atoms with Gasteiger partial charge in [0.1, 0.15) is 17.1 Å². The molecule has 0 aliphatic carbocycles. The van der Waals surface area contributed by atoms with Crippen LogP contribution in [0.3, 0.4) is 0 Å². The minimum Gasteiger partial charge on any atom is -0.507 e. The lowest BCUT2D eigenvalue weighted by Gasteiger charge is -2.37. The van der Waals surface area contributed by atoms with E-state index < -0.39 is 17.7 Å². The highest BCUT2D eigenvalue weighted by Crippen LogP contribution is 2.40. The van der Waals surface area contributed by atoms with Crippen LogP contribution in [0.4, 0.5) is 0 Å². The number of fused-ring (bicyclic) bond motifs is 1. The van der Waals surface area contributed by atoms with Gasteiger partial charge in [0.05, 0.1) is 6.10 Å². The standard InChI is InChI=1S/C14H16O5/c1-14(2)11(15)7-9-10(19-14)5-3-8(13(9)18)4-6-12(16)17/h3-6,11,15,18H,7H2,1-2H3,(H,16,17). The molecule has 1 unspecified atom stereocenters. The Kier molecular flexibility index (Phi) is 3.24. The zero-order chi connectivity index (χ0) is 14.2. The van der Waals surface area contributed by atoms with Crippen LogP contribution in [-0.4, -0.2) is 33.0 Å². The predicted molar refractivity (Wildman–Crippen MR) is 69.2 cm³/mol. The third kappa shape index (κ3) is 2.56. The molecule has 0 bridgehead atoms. The van der Waals surface area contributed by atoms with Crippen molar-refractivity contribution in [3.8, 4) is 11.5 Å². The average Bonchev–Trinajstić information content (AvgIpc) is 2.30. The second-order valence-electron chi connectivity index (χ2n) is 5.08. The Morgan fingerprint density at radius 2 is 2.16 bits per heavy atom. The first-order valence-corrected chi connectivity index (χ1v) is 5.94. The third-order valence-corrected chi connectivity index (χ3v) is 3.25. The van der Waals surface area contributed by atoms with Crippen molar-refractivity contribution in [2.45, 2.75) is 32.0 Å². The Labute approximate surface area is 110 Å². The van der Waals surface area contributed by atoms with E-state index in [1.807, 2.05) is 0 Å². The minimum absolute atomic E-state index is 0.0513. The van der Waals surface area contributed by atoms with Gasteiger partial charge in [-0.3, -0.25) is 0 Å². The number of phenols is 1. The number of aromatic hydroxyl groups is 1. The number of carbonyl (C=O) groups is 1. The van der Waals surface area contributed by atoms with Crippen molar-refractivity contribution in [3.63, 3.8) is 0 Å². The SMILES string of the molecule is CC1(C)Oc2ccc(C=CC(=O)O)c(O)c2CC1O. The molecule has 1 heterocycles. The second-order valence-corrected chi connectivity index (χ2v) is 5.08. The number of aliphatic hydroxyl groups is 1. The normalized spacial score (nSPS) is 20.9. The molecule has 102 valence electrons. The van der Waals surface area contributed by atoms with Crippen LogP contribution in [0, 0.1) is 0 Å². The molecule has 1 aromatic carbocycles. The fourth-order valence-corrected chi connectivity index (χ4v) is 2.01. The van der Waals surface area contributed by atoms with Crippen LogP contribution in [0.15, 0.2) is 18.2 Å². The van der Waals surface area contributed by atoms with Gasteiger partial charge >= 0.3 is 5.97 Å². The van der Waals surface area contributed by atoms with Crippen LogP contribution >= 0.6 is 0 Å². The monoisotopic (exact) mass is 264 g/mol. The van der Waals surface area contributed by atoms with E-state index in [9.17, 15) is 15.0 Å². The molecule has 5 heteroatoms. The number of hydrogen-bond donors (Lipinski definition) is 3. The maximum atomic E-state index is 10.5. The van der Waals surface area contributed by atoms with E-state index >= 15 is 0 Å². The van der Waals surface area contributed by atoms with Crippen molar-refractivity contribution in [1.82, 2.24) is 0 Å². The van der Waals surface area contributed by atoms with Crippen molar-refractivity contribution in [1.29, 1.82) is 0 Å². The van der Waals surface area contributed by atoms with E-state index in [4.69, 9.17) is 9.84 Å². The molecule has 0 saturated heterocycles. The molecule has 0 saturated carbocycles. The quantitative estimate of drug-likeness (QED) is 0.706. The van der Waals surface area contributed by atoms with Crippen LogP contribution in [0.1, 0.15) is 25.0 Å². The highest BCUT2D eigenvalue weighted by atomic mass is 16.5. The zero-order valence-electron chi connectivity index (χ0n) is 10.8. The molecule has 5 nitrogen and oxygen atoms in total. The number of aliphatic carboxylic acids is 1. The summed E-state index contributed by atoms with van der Waals surface area (Å²) < 4.78 is 5.64. The first-order chi connectivity index (χ1) is 8.81. The van der Waals surface area contributed by atoms with E-state index in [1.54, 1.807) is 26.0 Å². The maximum absolute atomic E-state index is 10.5. The van der Waals surface area contributed by atoms with Gasteiger partial charge in [-0.25, -0.2) is 4.79 Å². The summed E-state index contributed by atoms with van der Waals surface area (Å²) in [6.45, 7) is 3.55. The Balaban J connectivity index is 2.41. The van der Waals surface area contributed by atoms with Crippen molar-refractivity contribution in [3.05, 3.63) is 29.3 Å². The third-order valence-electron chi connectivity index (χ3n) is 3.25. The molecule has 3 N–H and O–H groups in total. The van der Waals surface area contributed by atoms with Gasteiger partial charge in [-0.05, 0) is 32.1 Å².